The fourth-order valence-corrected chi connectivity index (χ4v) is 3.39. The van der Waals surface area contributed by atoms with Gasteiger partial charge in [-0.2, -0.15) is 0 Å². The van der Waals surface area contributed by atoms with Gasteiger partial charge in [-0.1, -0.05) is 32.1 Å². The predicted molar refractivity (Wildman–Crippen MR) is 64.1 cm³/mol. The van der Waals surface area contributed by atoms with E-state index in [9.17, 15) is 0 Å². The van der Waals surface area contributed by atoms with Crippen molar-refractivity contribution >= 4 is 16.5 Å². The number of anilines is 1. The average molecular weight is 225 g/mol. The van der Waals surface area contributed by atoms with E-state index >= 15 is 0 Å². The summed E-state index contributed by atoms with van der Waals surface area (Å²) in [6.45, 7) is 7.06. The highest BCUT2D eigenvalue weighted by molar-refractivity contribution is 7.13. The fourth-order valence-electron chi connectivity index (χ4n) is 2.87. The highest BCUT2D eigenvalue weighted by atomic mass is 32.1. The summed E-state index contributed by atoms with van der Waals surface area (Å²) in [6.07, 6.45) is 3.82. The van der Waals surface area contributed by atoms with E-state index in [0.29, 0.717) is 11.5 Å². The predicted octanol–water partition coefficient (Wildman–Crippen LogP) is 3.16. The Bertz CT molecular complexity index is 308. The van der Waals surface area contributed by atoms with E-state index < -0.39 is 0 Å². The highest BCUT2D eigenvalue weighted by Gasteiger charge is 2.32. The minimum absolute atomic E-state index is 0.458. The molecule has 15 heavy (non-hydrogen) atoms. The van der Waals surface area contributed by atoms with Gasteiger partial charge in [0.15, 0.2) is 0 Å². The first-order valence-corrected chi connectivity index (χ1v) is 6.46. The molecular formula is C11H19N3S. The van der Waals surface area contributed by atoms with Gasteiger partial charge in [-0.3, -0.25) is 0 Å². The van der Waals surface area contributed by atoms with Crippen LogP contribution in [0.4, 0.5) is 5.13 Å². The van der Waals surface area contributed by atoms with Gasteiger partial charge < -0.3 is 5.32 Å². The Balaban J connectivity index is 1.98. The first-order chi connectivity index (χ1) is 7.05. The standard InChI is InChI=1S/C11H19N3S/c1-8-4-9(6-11(2,3)5-8)13-10-14-12-7-15-10/h7-9H,4-6H2,1-3H3,(H,13,14). The van der Waals surface area contributed by atoms with Gasteiger partial charge in [0.25, 0.3) is 0 Å². The summed E-state index contributed by atoms with van der Waals surface area (Å²) in [5.74, 6) is 0.805. The van der Waals surface area contributed by atoms with E-state index in [1.807, 2.05) is 0 Å². The second-order valence-corrected chi connectivity index (χ2v) is 6.33. The lowest BCUT2D eigenvalue weighted by Crippen LogP contribution is -2.35. The summed E-state index contributed by atoms with van der Waals surface area (Å²) in [4.78, 5) is 0. The van der Waals surface area contributed by atoms with Crippen molar-refractivity contribution in [1.82, 2.24) is 10.2 Å². The number of aromatic nitrogens is 2. The topological polar surface area (TPSA) is 37.8 Å². The molecule has 2 unspecified atom stereocenters. The van der Waals surface area contributed by atoms with Crippen LogP contribution in [0.2, 0.25) is 0 Å². The zero-order valence-corrected chi connectivity index (χ0v) is 10.5. The van der Waals surface area contributed by atoms with Crippen LogP contribution in [0.3, 0.4) is 0 Å². The smallest absolute Gasteiger partial charge is 0.205 e. The van der Waals surface area contributed by atoms with Gasteiger partial charge in [0, 0.05) is 6.04 Å². The molecule has 4 heteroatoms. The SMILES string of the molecule is CC1CC(Nc2nncs2)CC(C)(C)C1. The van der Waals surface area contributed by atoms with Gasteiger partial charge in [-0.25, -0.2) is 0 Å². The molecule has 1 aliphatic rings. The monoisotopic (exact) mass is 225 g/mol. The van der Waals surface area contributed by atoms with Crippen LogP contribution in [0, 0.1) is 11.3 Å². The molecular weight excluding hydrogens is 206 g/mol. The molecule has 0 bridgehead atoms. The normalized spacial score (nSPS) is 30.1. The molecule has 1 aromatic rings. The van der Waals surface area contributed by atoms with Crippen LogP contribution in [-0.2, 0) is 0 Å². The second-order valence-electron chi connectivity index (χ2n) is 5.50. The molecule has 1 aromatic heterocycles. The summed E-state index contributed by atoms with van der Waals surface area (Å²) in [7, 11) is 0. The van der Waals surface area contributed by atoms with E-state index in [4.69, 9.17) is 0 Å². The molecule has 1 N–H and O–H groups in total. The molecule has 1 heterocycles. The molecule has 1 saturated carbocycles. The van der Waals surface area contributed by atoms with Gasteiger partial charge in [0.1, 0.15) is 5.51 Å². The van der Waals surface area contributed by atoms with Gasteiger partial charge in [-0.05, 0) is 30.6 Å². The van der Waals surface area contributed by atoms with Crippen molar-refractivity contribution in [3.63, 3.8) is 0 Å². The lowest BCUT2D eigenvalue weighted by atomic mass is 9.71. The molecule has 0 spiro atoms. The maximum Gasteiger partial charge on any atom is 0.205 e. The van der Waals surface area contributed by atoms with Crippen LogP contribution >= 0.6 is 11.3 Å². The molecule has 84 valence electrons. The summed E-state index contributed by atoms with van der Waals surface area (Å²) in [5, 5.41) is 12.3. The Morgan fingerprint density at radius 1 is 1.47 bits per heavy atom. The summed E-state index contributed by atoms with van der Waals surface area (Å²) in [6, 6.07) is 0.566. The van der Waals surface area contributed by atoms with Crippen molar-refractivity contribution < 1.29 is 0 Å². The van der Waals surface area contributed by atoms with Crippen LogP contribution in [0.1, 0.15) is 40.0 Å². The van der Waals surface area contributed by atoms with Crippen LogP contribution in [-0.4, -0.2) is 16.2 Å². The third-order valence-corrected chi connectivity index (χ3v) is 3.70. The summed E-state index contributed by atoms with van der Waals surface area (Å²) < 4.78 is 0. The number of nitrogens with one attached hydrogen (secondary N) is 1. The molecule has 0 aliphatic heterocycles. The molecule has 0 radical (unpaired) electrons. The van der Waals surface area contributed by atoms with E-state index in [1.165, 1.54) is 19.3 Å². The molecule has 1 fully saturated rings. The van der Waals surface area contributed by atoms with Gasteiger partial charge in [0.2, 0.25) is 5.13 Å². The van der Waals surface area contributed by atoms with Crippen molar-refractivity contribution in [3.05, 3.63) is 5.51 Å². The minimum Gasteiger partial charge on any atom is -0.357 e. The maximum atomic E-state index is 4.04. The van der Waals surface area contributed by atoms with Crippen LogP contribution < -0.4 is 5.32 Å². The van der Waals surface area contributed by atoms with E-state index in [1.54, 1.807) is 16.8 Å². The number of rotatable bonds is 2. The van der Waals surface area contributed by atoms with E-state index in [0.717, 1.165) is 11.0 Å². The third-order valence-electron chi connectivity index (χ3n) is 3.07. The van der Waals surface area contributed by atoms with Gasteiger partial charge in [-0.15, -0.1) is 10.2 Å². The maximum absolute atomic E-state index is 4.04. The van der Waals surface area contributed by atoms with E-state index in [-0.39, 0.29) is 0 Å². The Morgan fingerprint density at radius 3 is 2.87 bits per heavy atom. The lowest BCUT2D eigenvalue weighted by Gasteiger charge is -2.39. The summed E-state index contributed by atoms with van der Waals surface area (Å²) >= 11 is 1.58. The highest BCUT2D eigenvalue weighted by Crippen LogP contribution is 2.39. The first kappa shape index (κ1) is 10.9. The molecule has 0 aromatic carbocycles. The third kappa shape index (κ3) is 2.91. The summed E-state index contributed by atoms with van der Waals surface area (Å²) in [5.41, 5.74) is 2.24. The lowest BCUT2D eigenvalue weighted by molar-refractivity contribution is 0.178. The quantitative estimate of drug-likeness (QED) is 0.840. The van der Waals surface area contributed by atoms with Crippen LogP contribution in [0.5, 0.6) is 0 Å². The molecule has 3 nitrogen and oxygen atoms in total. The van der Waals surface area contributed by atoms with Crippen LogP contribution in [0.25, 0.3) is 0 Å². The fraction of sp³-hybridized carbons (Fsp3) is 0.818. The number of hydrogen-bond donors (Lipinski definition) is 1. The van der Waals surface area contributed by atoms with Crippen molar-refractivity contribution in [2.24, 2.45) is 11.3 Å². The number of nitrogens with zero attached hydrogens (tertiary/aromatic N) is 2. The van der Waals surface area contributed by atoms with Crippen molar-refractivity contribution in [2.45, 2.75) is 46.1 Å². The molecule has 2 atom stereocenters. The second kappa shape index (κ2) is 4.08. The van der Waals surface area contributed by atoms with Gasteiger partial charge in [0.05, 0.1) is 0 Å². The average Bonchev–Trinajstić information content (AvgIpc) is 2.52. The Labute approximate surface area is 95.3 Å². The van der Waals surface area contributed by atoms with Crippen molar-refractivity contribution in [3.8, 4) is 0 Å². The first-order valence-electron chi connectivity index (χ1n) is 5.58. The van der Waals surface area contributed by atoms with Gasteiger partial charge >= 0.3 is 0 Å². The zero-order valence-electron chi connectivity index (χ0n) is 9.66. The molecule has 0 saturated heterocycles. The molecule has 1 aliphatic carbocycles. The van der Waals surface area contributed by atoms with Crippen molar-refractivity contribution in [1.29, 1.82) is 0 Å². The molecule has 0 amide bonds. The van der Waals surface area contributed by atoms with E-state index in [2.05, 4.69) is 36.3 Å². The van der Waals surface area contributed by atoms with Crippen molar-refractivity contribution in [2.75, 3.05) is 5.32 Å². The minimum atomic E-state index is 0.458. The Kier molecular flexibility index (Phi) is 2.96. The van der Waals surface area contributed by atoms with Crippen LogP contribution in [0.15, 0.2) is 5.51 Å². The Morgan fingerprint density at radius 2 is 2.27 bits per heavy atom. The molecule has 2 rings (SSSR count). The Hall–Kier alpha value is -0.640. The largest absolute Gasteiger partial charge is 0.357 e. The zero-order chi connectivity index (χ0) is 10.9. The number of hydrogen-bond acceptors (Lipinski definition) is 4.